The number of carbonyl (C=O) groups is 1. The fraction of sp³-hybridized carbons (Fsp3) is 0.222. The van der Waals surface area contributed by atoms with E-state index in [0.717, 1.165) is 11.3 Å². The largest absolute Gasteiger partial charge is 0.508 e. The summed E-state index contributed by atoms with van der Waals surface area (Å²) in [5, 5.41) is 9.34. The van der Waals surface area contributed by atoms with E-state index in [-0.39, 0.29) is 11.7 Å². The van der Waals surface area contributed by atoms with E-state index in [2.05, 4.69) is 18.8 Å². The van der Waals surface area contributed by atoms with E-state index >= 15 is 0 Å². The van der Waals surface area contributed by atoms with Gasteiger partial charge in [-0.05, 0) is 36.2 Å². The summed E-state index contributed by atoms with van der Waals surface area (Å²) in [5.74, 6) is 0.497. The van der Waals surface area contributed by atoms with Crippen molar-refractivity contribution in [1.29, 1.82) is 0 Å². The number of phenols is 1. The van der Waals surface area contributed by atoms with Crippen molar-refractivity contribution in [3.8, 4) is 5.75 Å². The van der Waals surface area contributed by atoms with Crippen LogP contribution in [0.25, 0.3) is 0 Å². The molecule has 112 valence electrons. The van der Waals surface area contributed by atoms with E-state index < -0.39 is 0 Å². The number of hydrogen-bond donors (Lipinski definition) is 1. The summed E-state index contributed by atoms with van der Waals surface area (Å²) in [4.78, 5) is 19.0. The standard InChI is InChI=1S/C18H18N2O2/c1-12(2)11-20-16-6-4-3-5-15(16)17(18(20)22)19-13-7-9-14(21)10-8-13/h3-10,12,21H,11H2,1-2H3. The average Bonchev–Trinajstić information content (AvgIpc) is 2.75. The Hall–Kier alpha value is -2.62. The van der Waals surface area contributed by atoms with Crippen molar-refractivity contribution < 1.29 is 9.90 Å². The third kappa shape index (κ3) is 2.60. The molecule has 0 bridgehead atoms. The number of para-hydroxylation sites is 1. The van der Waals surface area contributed by atoms with Gasteiger partial charge < -0.3 is 10.0 Å². The number of fused-ring (bicyclic) bond motifs is 1. The normalized spacial score (nSPS) is 15.7. The summed E-state index contributed by atoms with van der Waals surface area (Å²) in [5.41, 5.74) is 2.89. The third-order valence-electron chi connectivity index (χ3n) is 3.54. The highest BCUT2D eigenvalue weighted by molar-refractivity contribution is 6.54. The Balaban J connectivity index is 2.05. The number of phenolic OH excluding ortho intramolecular Hbond substituents is 1. The minimum absolute atomic E-state index is 0.0667. The lowest BCUT2D eigenvalue weighted by molar-refractivity contribution is -0.112. The van der Waals surface area contributed by atoms with E-state index in [1.54, 1.807) is 29.2 Å². The fourth-order valence-electron chi connectivity index (χ4n) is 2.57. The summed E-state index contributed by atoms with van der Waals surface area (Å²) >= 11 is 0. The molecule has 1 heterocycles. The Bertz CT molecular complexity index is 733. The van der Waals surface area contributed by atoms with Crippen LogP contribution in [0.1, 0.15) is 19.4 Å². The van der Waals surface area contributed by atoms with Crippen LogP contribution in [0.5, 0.6) is 5.75 Å². The van der Waals surface area contributed by atoms with Crippen LogP contribution in [0.3, 0.4) is 0 Å². The van der Waals surface area contributed by atoms with E-state index in [0.29, 0.717) is 23.9 Å². The van der Waals surface area contributed by atoms with Crippen molar-refractivity contribution in [3.05, 3.63) is 54.1 Å². The van der Waals surface area contributed by atoms with Gasteiger partial charge in [0.25, 0.3) is 5.91 Å². The van der Waals surface area contributed by atoms with Gasteiger partial charge in [0.1, 0.15) is 11.5 Å². The molecule has 0 aromatic heterocycles. The number of hydrogen-bond acceptors (Lipinski definition) is 3. The topological polar surface area (TPSA) is 52.9 Å². The van der Waals surface area contributed by atoms with Crippen LogP contribution >= 0.6 is 0 Å². The summed E-state index contributed by atoms with van der Waals surface area (Å²) in [6, 6.07) is 14.3. The molecule has 22 heavy (non-hydrogen) atoms. The molecule has 1 amide bonds. The molecule has 3 rings (SSSR count). The zero-order chi connectivity index (χ0) is 15.7. The summed E-state index contributed by atoms with van der Waals surface area (Å²) in [6.07, 6.45) is 0. The van der Waals surface area contributed by atoms with Crippen LogP contribution in [-0.2, 0) is 4.79 Å². The van der Waals surface area contributed by atoms with Crippen LogP contribution in [0.2, 0.25) is 0 Å². The molecule has 0 saturated heterocycles. The van der Waals surface area contributed by atoms with Crippen LogP contribution in [0, 0.1) is 5.92 Å². The molecule has 0 unspecified atom stereocenters. The maximum atomic E-state index is 12.7. The lowest BCUT2D eigenvalue weighted by Crippen LogP contribution is -2.33. The molecule has 0 aliphatic carbocycles. The minimum Gasteiger partial charge on any atom is -0.508 e. The molecule has 1 N–H and O–H groups in total. The maximum absolute atomic E-state index is 12.7. The van der Waals surface area contributed by atoms with Crippen molar-refractivity contribution in [1.82, 2.24) is 0 Å². The molecule has 0 radical (unpaired) electrons. The molecule has 0 saturated carbocycles. The molecular weight excluding hydrogens is 276 g/mol. The quantitative estimate of drug-likeness (QED) is 0.941. The Morgan fingerprint density at radius 3 is 2.45 bits per heavy atom. The molecule has 1 aliphatic heterocycles. The van der Waals surface area contributed by atoms with Gasteiger partial charge in [0, 0.05) is 12.1 Å². The number of aromatic hydroxyl groups is 1. The second-order valence-corrected chi connectivity index (χ2v) is 5.80. The van der Waals surface area contributed by atoms with Gasteiger partial charge in [-0.3, -0.25) is 4.79 Å². The number of amides is 1. The lowest BCUT2D eigenvalue weighted by Gasteiger charge is -2.18. The van der Waals surface area contributed by atoms with E-state index in [9.17, 15) is 9.90 Å². The molecule has 2 aromatic carbocycles. The maximum Gasteiger partial charge on any atom is 0.277 e. The van der Waals surface area contributed by atoms with Crippen LogP contribution in [0.4, 0.5) is 11.4 Å². The molecule has 1 aliphatic rings. The number of rotatable bonds is 3. The number of anilines is 1. The number of nitrogens with zero attached hydrogens (tertiary/aromatic N) is 2. The Morgan fingerprint density at radius 1 is 1.09 bits per heavy atom. The average molecular weight is 294 g/mol. The summed E-state index contributed by atoms with van der Waals surface area (Å²) in [6.45, 7) is 4.85. The molecule has 0 fully saturated rings. The van der Waals surface area contributed by atoms with Gasteiger partial charge in [0.05, 0.1) is 11.4 Å². The van der Waals surface area contributed by atoms with Crippen molar-refractivity contribution in [2.24, 2.45) is 10.9 Å². The predicted octanol–water partition coefficient (Wildman–Crippen LogP) is 3.52. The molecular formula is C18H18N2O2. The number of benzene rings is 2. The van der Waals surface area contributed by atoms with Gasteiger partial charge in [-0.25, -0.2) is 4.99 Å². The SMILES string of the molecule is CC(C)CN1C(=O)C(=Nc2ccc(O)cc2)c2ccccc21. The highest BCUT2D eigenvalue weighted by Gasteiger charge is 2.33. The Labute approximate surface area is 129 Å². The molecule has 4 nitrogen and oxygen atoms in total. The number of aliphatic imine (C=N–C) groups is 1. The van der Waals surface area contributed by atoms with Crippen molar-refractivity contribution >= 4 is 23.0 Å². The van der Waals surface area contributed by atoms with Gasteiger partial charge in [-0.1, -0.05) is 32.0 Å². The minimum atomic E-state index is -0.0667. The monoisotopic (exact) mass is 294 g/mol. The van der Waals surface area contributed by atoms with E-state index in [1.807, 2.05) is 24.3 Å². The molecule has 2 aromatic rings. The van der Waals surface area contributed by atoms with E-state index in [4.69, 9.17) is 0 Å². The van der Waals surface area contributed by atoms with Crippen molar-refractivity contribution in [2.45, 2.75) is 13.8 Å². The van der Waals surface area contributed by atoms with Gasteiger partial charge in [0.15, 0.2) is 0 Å². The van der Waals surface area contributed by atoms with Crippen molar-refractivity contribution in [2.75, 3.05) is 11.4 Å². The van der Waals surface area contributed by atoms with Gasteiger partial charge >= 0.3 is 0 Å². The van der Waals surface area contributed by atoms with Crippen LogP contribution in [-0.4, -0.2) is 23.3 Å². The smallest absolute Gasteiger partial charge is 0.277 e. The first-order valence-electron chi connectivity index (χ1n) is 7.35. The molecule has 0 atom stereocenters. The third-order valence-corrected chi connectivity index (χ3v) is 3.54. The zero-order valence-electron chi connectivity index (χ0n) is 12.7. The van der Waals surface area contributed by atoms with Gasteiger partial charge in [-0.15, -0.1) is 0 Å². The highest BCUT2D eigenvalue weighted by atomic mass is 16.3. The zero-order valence-corrected chi connectivity index (χ0v) is 12.7. The van der Waals surface area contributed by atoms with Gasteiger partial charge in [0.2, 0.25) is 0 Å². The first-order valence-corrected chi connectivity index (χ1v) is 7.35. The first kappa shape index (κ1) is 14.3. The Morgan fingerprint density at radius 2 is 1.77 bits per heavy atom. The van der Waals surface area contributed by atoms with Gasteiger partial charge in [-0.2, -0.15) is 0 Å². The fourth-order valence-corrected chi connectivity index (χ4v) is 2.57. The van der Waals surface area contributed by atoms with Crippen LogP contribution in [0.15, 0.2) is 53.5 Å². The Kier molecular flexibility index (Phi) is 3.67. The highest BCUT2D eigenvalue weighted by Crippen LogP contribution is 2.31. The second-order valence-electron chi connectivity index (χ2n) is 5.80. The van der Waals surface area contributed by atoms with Crippen LogP contribution < -0.4 is 4.90 Å². The first-order chi connectivity index (χ1) is 10.6. The lowest BCUT2D eigenvalue weighted by atomic mass is 10.1. The van der Waals surface area contributed by atoms with E-state index in [1.165, 1.54) is 0 Å². The molecule has 4 heteroatoms. The number of carbonyl (C=O) groups excluding carboxylic acids is 1. The summed E-state index contributed by atoms with van der Waals surface area (Å²) < 4.78 is 0. The second kappa shape index (κ2) is 5.64. The predicted molar refractivity (Wildman–Crippen MR) is 87.9 cm³/mol. The summed E-state index contributed by atoms with van der Waals surface area (Å²) in [7, 11) is 0. The van der Waals surface area contributed by atoms with Crippen molar-refractivity contribution in [3.63, 3.8) is 0 Å². The molecule has 0 spiro atoms.